The van der Waals surface area contributed by atoms with Crippen molar-refractivity contribution in [1.29, 1.82) is 0 Å². The largest absolute Gasteiger partial charge is 0.452 e. The van der Waals surface area contributed by atoms with Gasteiger partial charge in [0.2, 0.25) is 0 Å². The predicted octanol–water partition coefficient (Wildman–Crippen LogP) is 3.40. The van der Waals surface area contributed by atoms with Crippen LogP contribution in [0, 0.1) is 0 Å². The average molecular weight is 396 g/mol. The van der Waals surface area contributed by atoms with Gasteiger partial charge in [-0.2, -0.15) is 0 Å². The zero-order chi connectivity index (χ0) is 20.5. The van der Waals surface area contributed by atoms with Crippen LogP contribution in [0.5, 0.6) is 0 Å². The second-order valence-electron chi connectivity index (χ2n) is 7.11. The highest BCUT2D eigenvalue weighted by Crippen LogP contribution is 2.17. The third-order valence-corrected chi connectivity index (χ3v) is 5.07. The summed E-state index contributed by atoms with van der Waals surface area (Å²) in [6, 6.07) is 17.4. The standard InChI is InChI=1S/C23H29N3O3/c1-2-3-13-24-21-12-8-7-11-20(21)23(28)29-18-22(27)26-16-14-25(15-17-26)19-9-5-4-6-10-19/h4-12,24H,2-3,13-18H2,1H3. The van der Waals surface area contributed by atoms with Crippen molar-refractivity contribution in [2.24, 2.45) is 0 Å². The van der Waals surface area contributed by atoms with Crippen molar-refractivity contribution in [3.63, 3.8) is 0 Å². The minimum Gasteiger partial charge on any atom is -0.452 e. The van der Waals surface area contributed by atoms with Gasteiger partial charge in [0.15, 0.2) is 6.61 Å². The van der Waals surface area contributed by atoms with E-state index in [9.17, 15) is 9.59 Å². The van der Waals surface area contributed by atoms with E-state index in [1.807, 2.05) is 30.3 Å². The summed E-state index contributed by atoms with van der Waals surface area (Å²) in [6.45, 7) is 5.48. The molecule has 6 nitrogen and oxygen atoms in total. The number of hydrogen-bond acceptors (Lipinski definition) is 5. The molecule has 3 rings (SSSR count). The van der Waals surface area contributed by atoms with Gasteiger partial charge in [-0.3, -0.25) is 4.79 Å². The van der Waals surface area contributed by atoms with E-state index in [1.165, 1.54) is 5.69 Å². The highest BCUT2D eigenvalue weighted by Gasteiger charge is 2.22. The molecular weight excluding hydrogens is 366 g/mol. The Morgan fingerprint density at radius 2 is 1.66 bits per heavy atom. The summed E-state index contributed by atoms with van der Waals surface area (Å²) in [5.41, 5.74) is 2.37. The topological polar surface area (TPSA) is 61.9 Å². The van der Waals surface area contributed by atoms with Gasteiger partial charge < -0.3 is 19.9 Å². The van der Waals surface area contributed by atoms with E-state index >= 15 is 0 Å². The van der Waals surface area contributed by atoms with Crippen LogP contribution in [0.1, 0.15) is 30.1 Å². The van der Waals surface area contributed by atoms with Crippen molar-refractivity contribution in [3.8, 4) is 0 Å². The molecule has 1 fully saturated rings. The molecule has 154 valence electrons. The second-order valence-corrected chi connectivity index (χ2v) is 7.11. The Balaban J connectivity index is 1.48. The van der Waals surface area contributed by atoms with Gasteiger partial charge in [0.25, 0.3) is 5.91 Å². The van der Waals surface area contributed by atoms with Gasteiger partial charge in [-0.25, -0.2) is 4.79 Å². The molecule has 1 heterocycles. The average Bonchev–Trinajstić information content (AvgIpc) is 2.78. The summed E-state index contributed by atoms with van der Waals surface area (Å²) < 4.78 is 5.32. The first kappa shape index (κ1) is 20.7. The number of carbonyl (C=O) groups excluding carboxylic acids is 2. The number of anilines is 2. The molecule has 0 saturated carbocycles. The maximum atomic E-state index is 12.5. The molecule has 0 unspecified atom stereocenters. The molecule has 29 heavy (non-hydrogen) atoms. The fourth-order valence-corrected chi connectivity index (χ4v) is 3.36. The first-order chi connectivity index (χ1) is 14.2. The summed E-state index contributed by atoms with van der Waals surface area (Å²) in [5.74, 6) is -0.622. The number of nitrogens with zero attached hydrogens (tertiary/aromatic N) is 2. The Morgan fingerprint density at radius 1 is 0.966 bits per heavy atom. The SMILES string of the molecule is CCCCNc1ccccc1C(=O)OCC(=O)N1CCN(c2ccccc2)CC1. The van der Waals surface area contributed by atoms with Gasteiger partial charge in [0.05, 0.1) is 5.56 Å². The zero-order valence-electron chi connectivity index (χ0n) is 17.0. The van der Waals surface area contributed by atoms with E-state index in [0.29, 0.717) is 18.7 Å². The maximum Gasteiger partial charge on any atom is 0.340 e. The molecule has 0 atom stereocenters. The molecule has 1 N–H and O–H groups in total. The lowest BCUT2D eigenvalue weighted by atomic mass is 10.1. The quantitative estimate of drug-likeness (QED) is 0.548. The van der Waals surface area contributed by atoms with Crippen LogP contribution in [0.3, 0.4) is 0 Å². The molecular formula is C23H29N3O3. The summed E-state index contributed by atoms with van der Waals surface area (Å²) in [5, 5.41) is 3.26. The van der Waals surface area contributed by atoms with E-state index in [-0.39, 0.29) is 12.5 Å². The molecule has 6 heteroatoms. The summed E-state index contributed by atoms with van der Waals surface area (Å²) in [7, 11) is 0. The van der Waals surface area contributed by atoms with Crippen molar-refractivity contribution in [3.05, 3.63) is 60.2 Å². The van der Waals surface area contributed by atoms with E-state index in [4.69, 9.17) is 4.74 Å². The number of esters is 1. The van der Waals surface area contributed by atoms with E-state index in [1.54, 1.807) is 17.0 Å². The molecule has 1 saturated heterocycles. The number of nitrogens with one attached hydrogen (secondary N) is 1. The Labute approximate surface area is 172 Å². The fourth-order valence-electron chi connectivity index (χ4n) is 3.36. The smallest absolute Gasteiger partial charge is 0.340 e. The van der Waals surface area contributed by atoms with Crippen LogP contribution in [0.2, 0.25) is 0 Å². The lowest BCUT2D eigenvalue weighted by Gasteiger charge is -2.36. The molecule has 0 radical (unpaired) electrons. The van der Waals surface area contributed by atoms with Crippen LogP contribution in [0.25, 0.3) is 0 Å². The van der Waals surface area contributed by atoms with Crippen molar-refractivity contribution in [2.75, 3.05) is 49.5 Å². The number of benzene rings is 2. The minimum absolute atomic E-state index is 0.150. The third kappa shape index (κ3) is 5.73. The Morgan fingerprint density at radius 3 is 2.38 bits per heavy atom. The fraction of sp³-hybridized carbons (Fsp3) is 0.391. The number of unbranched alkanes of at least 4 members (excludes halogenated alkanes) is 1. The number of para-hydroxylation sites is 2. The Bertz CT molecular complexity index is 802. The van der Waals surface area contributed by atoms with Crippen molar-refractivity contribution in [1.82, 2.24) is 4.90 Å². The highest BCUT2D eigenvalue weighted by molar-refractivity contribution is 5.96. The molecule has 1 amide bonds. The molecule has 1 aliphatic rings. The van der Waals surface area contributed by atoms with Crippen LogP contribution in [-0.4, -0.2) is 56.1 Å². The molecule has 1 aliphatic heterocycles. The number of carbonyl (C=O) groups is 2. The molecule has 0 bridgehead atoms. The Hall–Kier alpha value is -3.02. The number of rotatable bonds is 8. The zero-order valence-corrected chi connectivity index (χ0v) is 17.0. The van der Waals surface area contributed by atoms with E-state index in [2.05, 4.69) is 29.3 Å². The van der Waals surface area contributed by atoms with Crippen molar-refractivity contribution in [2.45, 2.75) is 19.8 Å². The van der Waals surface area contributed by atoms with Gasteiger partial charge in [-0.15, -0.1) is 0 Å². The predicted molar refractivity (Wildman–Crippen MR) is 115 cm³/mol. The first-order valence-electron chi connectivity index (χ1n) is 10.3. The van der Waals surface area contributed by atoms with Gasteiger partial charge in [0, 0.05) is 44.1 Å². The van der Waals surface area contributed by atoms with Gasteiger partial charge in [0.1, 0.15) is 0 Å². The van der Waals surface area contributed by atoms with Crippen molar-refractivity contribution < 1.29 is 14.3 Å². The molecule has 0 aliphatic carbocycles. The first-order valence-corrected chi connectivity index (χ1v) is 10.3. The van der Waals surface area contributed by atoms with E-state index < -0.39 is 5.97 Å². The molecule has 0 aromatic heterocycles. The number of hydrogen-bond donors (Lipinski definition) is 1. The lowest BCUT2D eigenvalue weighted by molar-refractivity contribution is -0.134. The van der Waals surface area contributed by atoms with Crippen LogP contribution in [0.15, 0.2) is 54.6 Å². The lowest BCUT2D eigenvalue weighted by Crippen LogP contribution is -2.49. The van der Waals surface area contributed by atoms with Gasteiger partial charge >= 0.3 is 5.97 Å². The molecule has 0 spiro atoms. The van der Waals surface area contributed by atoms with Crippen LogP contribution in [-0.2, 0) is 9.53 Å². The van der Waals surface area contributed by atoms with Gasteiger partial charge in [-0.05, 0) is 30.7 Å². The monoisotopic (exact) mass is 395 g/mol. The van der Waals surface area contributed by atoms with Crippen LogP contribution < -0.4 is 10.2 Å². The maximum absolute atomic E-state index is 12.5. The summed E-state index contributed by atoms with van der Waals surface area (Å²) in [4.78, 5) is 29.0. The van der Waals surface area contributed by atoms with E-state index in [0.717, 1.165) is 38.2 Å². The number of amides is 1. The normalized spacial score (nSPS) is 13.8. The third-order valence-electron chi connectivity index (χ3n) is 5.07. The minimum atomic E-state index is -0.471. The van der Waals surface area contributed by atoms with Crippen molar-refractivity contribution >= 4 is 23.3 Å². The second kappa shape index (κ2) is 10.5. The van der Waals surface area contributed by atoms with Gasteiger partial charge in [-0.1, -0.05) is 43.7 Å². The Kier molecular flexibility index (Phi) is 7.50. The number of ether oxygens (including phenoxy) is 1. The molecule has 2 aromatic carbocycles. The summed E-state index contributed by atoms with van der Waals surface area (Å²) in [6.07, 6.45) is 2.10. The van der Waals surface area contributed by atoms with Crippen LogP contribution >= 0.6 is 0 Å². The summed E-state index contributed by atoms with van der Waals surface area (Å²) >= 11 is 0. The highest BCUT2D eigenvalue weighted by atomic mass is 16.5. The number of piperazine rings is 1. The molecule has 2 aromatic rings. The van der Waals surface area contributed by atoms with Crippen LogP contribution in [0.4, 0.5) is 11.4 Å².